The molecule has 1 fully saturated rings. The van der Waals surface area contributed by atoms with Crippen LogP contribution in [0.5, 0.6) is 0 Å². The third-order valence-corrected chi connectivity index (χ3v) is 4.21. The van der Waals surface area contributed by atoms with Crippen LogP contribution in [0.3, 0.4) is 0 Å². The molecule has 0 radical (unpaired) electrons. The molecule has 0 saturated carbocycles. The average Bonchev–Trinajstić information content (AvgIpc) is 2.80. The van der Waals surface area contributed by atoms with Gasteiger partial charge in [-0.1, -0.05) is 38.2 Å². The number of likely N-dealkylation sites (tertiary alicyclic amines) is 1. The van der Waals surface area contributed by atoms with Crippen molar-refractivity contribution in [1.82, 2.24) is 4.90 Å². The van der Waals surface area contributed by atoms with E-state index in [1.54, 1.807) is 6.07 Å². The second-order valence-corrected chi connectivity index (χ2v) is 6.11. The highest BCUT2D eigenvalue weighted by molar-refractivity contribution is 7.80. The quantitative estimate of drug-likeness (QED) is 0.860. The highest BCUT2D eigenvalue weighted by atomic mass is 32.1. The largest absolute Gasteiger partial charge is 0.389 e. The minimum Gasteiger partial charge on any atom is -0.389 e. The summed E-state index contributed by atoms with van der Waals surface area (Å²) in [6, 6.07) is 5.28. The first-order valence-corrected chi connectivity index (χ1v) is 7.19. The number of thiocarbonyl (C=S) groups is 1. The van der Waals surface area contributed by atoms with Crippen LogP contribution in [0.2, 0.25) is 0 Å². The second kappa shape index (κ2) is 5.97. The van der Waals surface area contributed by atoms with Crippen LogP contribution < -0.4 is 5.73 Å². The second-order valence-electron chi connectivity index (χ2n) is 5.67. The summed E-state index contributed by atoms with van der Waals surface area (Å²) in [5.74, 6) is 1.16. The predicted molar refractivity (Wildman–Crippen MR) is 80.5 cm³/mol. The minimum absolute atomic E-state index is 0.126. The van der Waals surface area contributed by atoms with Gasteiger partial charge in [0.1, 0.15) is 10.8 Å². The van der Waals surface area contributed by atoms with E-state index in [0.29, 0.717) is 23.6 Å². The molecule has 1 aromatic carbocycles. The van der Waals surface area contributed by atoms with Crippen molar-refractivity contribution in [2.75, 3.05) is 13.1 Å². The summed E-state index contributed by atoms with van der Waals surface area (Å²) < 4.78 is 14.2. The number of hydrogen-bond donors (Lipinski definition) is 1. The third kappa shape index (κ3) is 3.31. The first kappa shape index (κ1) is 14.4. The van der Waals surface area contributed by atoms with E-state index in [4.69, 9.17) is 18.0 Å². The van der Waals surface area contributed by atoms with Crippen molar-refractivity contribution < 1.29 is 4.39 Å². The van der Waals surface area contributed by atoms with E-state index in [9.17, 15) is 4.39 Å². The number of benzene rings is 1. The number of hydrogen-bond acceptors (Lipinski definition) is 2. The molecular weight excluding hydrogens is 259 g/mol. The van der Waals surface area contributed by atoms with Crippen LogP contribution in [0.15, 0.2) is 18.2 Å². The van der Waals surface area contributed by atoms with Crippen LogP contribution in [-0.2, 0) is 6.54 Å². The summed E-state index contributed by atoms with van der Waals surface area (Å²) in [6.45, 7) is 7.24. The zero-order valence-corrected chi connectivity index (χ0v) is 12.3. The Bertz CT molecular complexity index is 473. The highest BCUT2D eigenvalue weighted by Crippen LogP contribution is 2.25. The molecular formula is C15H21FN2S. The fraction of sp³-hybridized carbons (Fsp3) is 0.533. The van der Waals surface area contributed by atoms with Crippen LogP contribution >= 0.6 is 12.2 Å². The molecule has 1 unspecified atom stereocenters. The Morgan fingerprint density at radius 1 is 1.53 bits per heavy atom. The maximum Gasteiger partial charge on any atom is 0.137 e. The van der Waals surface area contributed by atoms with Crippen molar-refractivity contribution in [3.8, 4) is 0 Å². The minimum atomic E-state index is -0.261. The van der Waals surface area contributed by atoms with Crippen LogP contribution in [0.1, 0.15) is 31.4 Å². The lowest BCUT2D eigenvalue weighted by Crippen LogP contribution is -2.23. The molecule has 0 bridgehead atoms. The Morgan fingerprint density at radius 3 is 2.84 bits per heavy atom. The fourth-order valence-corrected chi connectivity index (χ4v) is 2.84. The van der Waals surface area contributed by atoms with Gasteiger partial charge in [0.05, 0.1) is 0 Å². The summed E-state index contributed by atoms with van der Waals surface area (Å²) in [7, 11) is 0. The van der Waals surface area contributed by atoms with E-state index in [1.165, 1.54) is 6.42 Å². The summed E-state index contributed by atoms with van der Waals surface area (Å²) in [4.78, 5) is 2.44. The lowest BCUT2D eigenvalue weighted by molar-refractivity contribution is 0.293. The maximum atomic E-state index is 14.2. The fourth-order valence-electron chi connectivity index (χ4n) is 2.68. The molecule has 2 N–H and O–H groups in total. The molecule has 0 amide bonds. The van der Waals surface area contributed by atoms with E-state index in [2.05, 4.69) is 18.7 Å². The first-order chi connectivity index (χ1) is 8.99. The van der Waals surface area contributed by atoms with Gasteiger partial charge in [0, 0.05) is 24.2 Å². The summed E-state index contributed by atoms with van der Waals surface area (Å²) in [6.07, 6.45) is 1.20. The number of halogens is 1. The molecule has 2 rings (SSSR count). The summed E-state index contributed by atoms with van der Waals surface area (Å²) in [5.41, 5.74) is 6.57. The van der Waals surface area contributed by atoms with Gasteiger partial charge in [-0.15, -0.1) is 0 Å². The number of nitrogens with two attached hydrogens (primary N) is 1. The van der Waals surface area contributed by atoms with Crippen LogP contribution in [0, 0.1) is 17.7 Å². The van der Waals surface area contributed by atoms with Gasteiger partial charge in [-0.3, -0.25) is 4.90 Å². The average molecular weight is 280 g/mol. The van der Waals surface area contributed by atoms with Gasteiger partial charge in [-0.25, -0.2) is 4.39 Å². The Kier molecular flexibility index (Phi) is 4.53. The lowest BCUT2D eigenvalue weighted by atomic mass is 9.95. The molecule has 0 spiro atoms. The molecule has 1 saturated heterocycles. The van der Waals surface area contributed by atoms with E-state index >= 15 is 0 Å². The maximum absolute atomic E-state index is 14.2. The lowest BCUT2D eigenvalue weighted by Gasteiger charge is -2.18. The van der Waals surface area contributed by atoms with Crippen molar-refractivity contribution in [3.63, 3.8) is 0 Å². The Morgan fingerprint density at radius 2 is 2.26 bits per heavy atom. The van der Waals surface area contributed by atoms with E-state index in [0.717, 1.165) is 19.0 Å². The number of nitrogens with zero attached hydrogens (tertiary/aromatic N) is 1. The Balaban J connectivity index is 2.08. The molecule has 4 heteroatoms. The molecule has 2 nitrogen and oxygen atoms in total. The van der Waals surface area contributed by atoms with E-state index in [-0.39, 0.29) is 10.8 Å². The molecule has 1 atom stereocenters. The third-order valence-electron chi connectivity index (χ3n) is 3.99. The SMILES string of the molecule is CC(C)C1CCN(Cc2cccc(C(N)=S)c2F)C1. The molecule has 19 heavy (non-hydrogen) atoms. The van der Waals surface area contributed by atoms with Gasteiger partial charge in [-0.05, 0) is 30.9 Å². The van der Waals surface area contributed by atoms with Crippen molar-refractivity contribution in [3.05, 3.63) is 35.1 Å². The molecule has 1 aromatic rings. The topological polar surface area (TPSA) is 29.3 Å². The van der Waals surface area contributed by atoms with Gasteiger partial charge in [0.15, 0.2) is 0 Å². The normalized spacial score (nSPS) is 20.1. The highest BCUT2D eigenvalue weighted by Gasteiger charge is 2.25. The Hall–Kier alpha value is -1.00. The van der Waals surface area contributed by atoms with Crippen molar-refractivity contribution >= 4 is 17.2 Å². The van der Waals surface area contributed by atoms with Gasteiger partial charge in [0.25, 0.3) is 0 Å². The van der Waals surface area contributed by atoms with Crippen molar-refractivity contribution in [2.24, 2.45) is 17.6 Å². The first-order valence-electron chi connectivity index (χ1n) is 6.78. The molecule has 104 valence electrons. The number of rotatable bonds is 4. The smallest absolute Gasteiger partial charge is 0.137 e. The van der Waals surface area contributed by atoms with Gasteiger partial charge in [0.2, 0.25) is 0 Å². The zero-order chi connectivity index (χ0) is 14.0. The molecule has 1 aliphatic rings. The van der Waals surface area contributed by atoms with Gasteiger partial charge < -0.3 is 5.73 Å². The van der Waals surface area contributed by atoms with Crippen molar-refractivity contribution in [2.45, 2.75) is 26.8 Å². The molecule has 0 aromatic heterocycles. The van der Waals surface area contributed by atoms with Crippen LogP contribution in [-0.4, -0.2) is 23.0 Å². The van der Waals surface area contributed by atoms with Crippen LogP contribution in [0.25, 0.3) is 0 Å². The standard InChI is InChI=1S/C15H21FN2S/c1-10(2)11-6-7-18(8-11)9-12-4-3-5-13(14(12)16)15(17)19/h3-5,10-11H,6-9H2,1-2H3,(H2,17,19). The van der Waals surface area contributed by atoms with Gasteiger partial charge >= 0.3 is 0 Å². The van der Waals surface area contributed by atoms with E-state index in [1.807, 2.05) is 12.1 Å². The Labute approximate surface area is 119 Å². The molecule has 1 heterocycles. The van der Waals surface area contributed by atoms with Gasteiger partial charge in [-0.2, -0.15) is 0 Å². The predicted octanol–water partition coefficient (Wildman–Crippen LogP) is 2.94. The zero-order valence-electron chi connectivity index (χ0n) is 11.5. The molecule has 0 aliphatic carbocycles. The molecule has 1 aliphatic heterocycles. The summed E-state index contributed by atoms with van der Waals surface area (Å²) >= 11 is 4.87. The summed E-state index contributed by atoms with van der Waals surface area (Å²) in [5, 5.41) is 0. The van der Waals surface area contributed by atoms with Crippen LogP contribution in [0.4, 0.5) is 4.39 Å². The van der Waals surface area contributed by atoms with E-state index < -0.39 is 0 Å². The monoisotopic (exact) mass is 280 g/mol. The van der Waals surface area contributed by atoms with Crippen molar-refractivity contribution in [1.29, 1.82) is 0 Å².